The van der Waals surface area contributed by atoms with E-state index in [-0.39, 0.29) is 0 Å². The second-order valence-electron chi connectivity index (χ2n) is 5.97. The first-order valence-corrected chi connectivity index (χ1v) is 8.75. The van der Waals surface area contributed by atoms with Crippen molar-refractivity contribution in [3.63, 3.8) is 0 Å². The van der Waals surface area contributed by atoms with Crippen molar-refractivity contribution < 1.29 is 9.30 Å². The summed E-state index contributed by atoms with van der Waals surface area (Å²) >= 11 is 6.13. The van der Waals surface area contributed by atoms with E-state index in [0.717, 1.165) is 23.6 Å². The van der Waals surface area contributed by atoms with E-state index in [9.17, 15) is 0 Å². The zero-order valence-electron chi connectivity index (χ0n) is 14.1. The van der Waals surface area contributed by atoms with E-state index in [2.05, 4.69) is 36.1 Å². The van der Waals surface area contributed by atoms with Gasteiger partial charge in [0.1, 0.15) is 0 Å². The van der Waals surface area contributed by atoms with Crippen molar-refractivity contribution in [2.45, 2.75) is 59.1 Å². The molecule has 0 aliphatic carbocycles. The van der Waals surface area contributed by atoms with Gasteiger partial charge in [-0.15, -0.1) is 0 Å². The molecule has 0 amide bonds. The van der Waals surface area contributed by atoms with Gasteiger partial charge in [0.2, 0.25) is 0 Å². The molecule has 0 fully saturated rings. The highest BCUT2D eigenvalue weighted by Crippen LogP contribution is 2.19. The molecule has 0 saturated heterocycles. The standard InChI is InChI=1S/C18H28ClN2O/c1-4-5-6-7-8-9-12-22-14-21-15(2)20(3)17-11-10-16(19)13-18(17)21/h10-11,13H,4-9,12,14H2,1-3H3/q+1. The topological polar surface area (TPSA) is 18.0 Å². The first-order valence-electron chi connectivity index (χ1n) is 8.37. The average molecular weight is 324 g/mol. The fourth-order valence-electron chi connectivity index (χ4n) is 2.83. The normalized spacial score (nSPS) is 11.5. The summed E-state index contributed by atoms with van der Waals surface area (Å²) in [7, 11) is 2.08. The highest BCUT2D eigenvalue weighted by atomic mass is 35.5. The van der Waals surface area contributed by atoms with Crippen LogP contribution in [0.25, 0.3) is 11.0 Å². The Labute approximate surface area is 138 Å². The van der Waals surface area contributed by atoms with Gasteiger partial charge >= 0.3 is 0 Å². The molecule has 2 aromatic rings. The quantitative estimate of drug-likeness (QED) is 0.480. The predicted molar refractivity (Wildman–Crippen MR) is 92.2 cm³/mol. The van der Waals surface area contributed by atoms with Crippen molar-refractivity contribution in [1.29, 1.82) is 0 Å². The molecule has 0 radical (unpaired) electrons. The number of hydrogen-bond acceptors (Lipinski definition) is 1. The molecule has 0 unspecified atom stereocenters. The summed E-state index contributed by atoms with van der Waals surface area (Å²) in [6.07, 6.45) is 7.75. The Bertz CT molecular complexity index is 607. The molecule has 0 spiro atoms. The number of benzene rings is 1. The van der Waals surface area contributed by atoms with Gasteiger partial charge in [-0.1, -0.05) is 50.6 Å². The van der Waals surface area contributed by atoms with Crippen molar-refractivity contribution >= 4 is 22.6 Å². The molecule has 0 aliphatic heterocycles. The molecule has 3 nitrogen and oxygen atoms in total. The van der Waals surface area contributed by atoms with Crippen molar-refractivity contribution in [2.75, 3.05) is 6.61 Å². The Hall–Kier alpha value is -1.06. The molecule has 1 aromatic carbocycles. The minimum absolute atomic E-state index is 0.596. The van der Waals surface area contributed by atoms with Gasteiger partial charge in [-0.25, -0.2) is 9.13 Å². The summed E-state index contributed by atoms with van der Waals surface area (Å²) in [6.45, 7) is 5.79. The lowest BCUT2D eigenvalue weighted by Gasteiger charge is -2.04. The second kappa shape index (κ2) is 8.54. The van der Waals surface area contributed by atoms with Crippen LogP contribution in [0.3, 0.4) is 0 Å². The predicted octanol–water partition coefficient (Wildman–Crippen LogP) is 4.76. The van der Waals surface area contributed by atoms with Gasteiger partial charge in [0, 0.05) is 18.0 Å². The van der Waals surface area contributed by atoms with E-state index in [0.29, 0.717) is 6.73 Å². The fourth-order valence-corrected chi connectivity index (χ4v) is 3.00. The maximum absolute atomic E-state index is 6.13. The molecule has 0 atom stereocenters. The van der Waals surface area contributed by atoms with Gasteiger partial charge < -0.3 is 4.74 Å². The molecule has 1 heterocycles. The third-order valence-corrected chi connectivity index (χ3v) is 4.56. The van der Waals surface area contributed by atoms with Gasteiger partial charge in [0.05, 0.1) is 13.7 Å². The minimum atomic E-state index is 0.596. The largest absolute Gasteiger partial charge is 0.342 e. The van der Waals surface area contributed by atoms with Crippen LogP contribution in [0.1, 0.15) is 51.3 Å². The summed E-state index contributed by atoms with van der Waals surface area (Å²) in [6, 6.07) is 6.01. The van der Waals surface area contributed by atoms with Crippen LogP contribution in [0.15, 0.2) is 18.2 Å². The third kappa shape index (κ3) is 4.23. The van der Waals surface area contributed by atoms with E-state index in [1.807, 2.05) is 12.1 Å². The van der Waals surface area contributed by atoms with Crippen molar-refractivity contribution in [3.05, 3.63) is 29.0 Å². The van der Waals surface area contributed by atoms with Gasteiger partial charge in [0.25, 0.3) is 5.82 Å². The van der Waals surface area contributed by atoms with Crippen molar-refractivity contribution in [1.82, 2.24) is 4.57 Å². The molecule has 0 saturated carbocycles. The van der Waals surface area contributed by atoms with Crippen LogP contribution in [0.2, 0.25) is 5.02 Å². The number of fused-ring (bicyclic) bond motifs is 1. The molecular weight excluding hydrogens is 296 g/mol. The zero-order chi connectivity index (χ0) is 15.9. The van der Waals surface area contributed by atoms with Gasteiger partial charge in [0.15, 0.2) is 17.8 Å². The molecular formula is C18H28ClN2O+. The van der Waals surface area contributed by atoms with E-state index < -0.39 is 0 Å². The summed E-state index contributed by atoms with van der Waals surface area (Å²) in [5.74, 6) is 1.18. The van der Waals surface area contributed by atoms with Gasteiger partial charge in [-0.2, -0.15) is 0 Å². The summed E-state index contributed by atoms with van der Waals surface area (Å²) < 4.78 is 10.2. The fraction of sp³-hybridized carbons (Fsp3) is 0.611. The molecule has 0 N–H and O–H groups in total. The van der Waals surface area contributed by atoms with E-state index >= 15 is 0 Å². The number of aromatic nitrogens is 2. The zero-order valence-corrected chi connectivity index (χ0v) is 14.8. The molecule has 22 heavy (non-hydrogen) atoms. The molecule has 0 bridgehead atoms. The molecule has 122 valence electrons. The average Bonchev–Trinajstić information content (AvgIpc) is 2.74. The SMILES string of the molecule is CCCCCCCCOCn1c(C)[n+](C)c2ccc(Cl)cc21. The van der Waals surface area contributed by atoms with Crippen molar-refractivity contribution in [3.8, 4) is 0 Å². The van der Waals surface area contributed by atoms with Crippen LogP contribution < -0.4 is 4.57 Å². The highest BCUT2D eigenvalue weighted by molar-refractivity contribution is 6.31. The van der Waals surface area contributed by atoms with E-state index in [1.165, 1.54) is 43.4 Å². The number of halogens is 1. The lowest BCUT2D eigenvalue weighted by molar-refractivity contribution is -0.652. The van der Waals surface area contributed by atoms with Crippen LogP contribution in [0, 0.1) is 6.92 Å². The first-order chi connectivity index (χ1) is 10.6. The molecule has 4 heteroatoms. The minimum Gasteiger partial charge on any atom is -0.342 e. The molecule has 2 rings (SSSR count). The van der Waals surface area contributed by atoms with Gasteiger partial charge in [-0.05, 0) is 18.6 Å². The first kappa shape index (κ1) is 17.3. The van der Waals surface area contributed by atoms with Crippen LogP contribution in [-0.2, 0) is 18.5 Å². The number of aryl methyl sites for hydroxylation is 1. The lowest BCUT2D eigenvalue weighted by atomic mass is 10.1. The lowest BCUT2D eigenvalue weighted by Crippen LogP contribution is -2.31. The number of imidazole rings is 1. The summed E-state index contributed by atoms with van der Waals surface area (Å²) in [5.41, 5.74) is 2.32. The monoisotopic (exact) mass is 323 g/mol. The Morgan fingerprint density at radius 1 is 1.14 bits per heavy atom. The smallest absolute Gasteiger partial charge is 0.255 e. The Balaban J connectivity index is 1.87. The number of rotatable bonds is 9. The van der Waals surface area contributed by atoms with Crippen LogP contribution >= 0.6 is 11.6 Å². The Morgan fingerprint density at radius 3 is 2.64 bits per heavy atom. The van der Waals surface area contributed by atoms with Crippen LogP contribution in [0.5, 0.6) is 0 Å². The van der Waals surface area contributed by atoms with E-state index in [1.54, 1.807) is 0 Å². The van der Waals surface area contributed by atoms with Crippen LogP contribution in [-0.4, -0.2) is 11.2 Å². The summed E-state index contributed by atoms with van der Waals surface area (Å²) in [4.78, 5) is 0. The van der Waals surface area contributed by atoms with Gasteiger partial charge in [-0.3, -0.25) is 0 Å². The number of ether oxygens (including phenoxy) is 1. The maximum atomic E-state index is 6.13. The number of hydrogen-bond donors (Lipinski definition) is 0. The second-order valence-corrected chi connectivity index (χ2v) is 6.41. The summed E-state index contributed by atoms with van der Waals surface area (Å²) in [5, 5.41) is 0.766. The number of nitrogens with zero attached hydrogens (tertiary/aromatic N) is 2. The van der Waals surface area contributed by atoms with Crippen molar-refractivity contribution in [2.24, 2.45) is 7.05 Å². The molecule has 1 aromatic heterocycles. The third-order valence-electron chi connectivity index (χ3n) is 4.33. The Morgan fingerprint density at radius 2 is 1.86 bits per heavy atom. The maximum Gasteiger partial charge on any atom is 0.255 e. The number of unbranched alkanes of at least 4 members (excludes halogenated alkanes) is 5. The Kier molecular flexibility index (Phi) is 6.71. The highest BCUT2D eigenvalue weighted by Gasteiger charge is 2.19. The van der Waals surface area contributed by atoms with E-state index in [4.69, 9.17) is 16.3 Å². The van der Waals surface area contributed by atoms with Crippen LogP contribution in [0.4, 0.5) is 0 Å². The molecule has 0 aliphatic rings.